The molecule has 40 heavy (non-hydrogen) atoms. The third-order valence-corrected chi connectivity index (χ3v) is 8.64. The van der Waals surface area contributed by atoms with Crippen molar-refractivity contribution in [1.82, 2.24) is 4.90 Å². The number of rotatable bonds is 6. The summed E-state index contributed by atoms with van der Waals surface area (Å²) in [5, 5.41) is 7.25. The minimum Gasteiger partial charge on any atom is -0.382 e. The van der Waals surface area contributed by atoms with Gasteiger partial charge in [0.25, 0.3) is 5.91 Å². The van der Waals surface area contributed by atoms with Crippen molar-refractivity contribution >= 4 is 34.8 Å². The molecule has 0 spiro atoms. The quantitative estimate of drug-likeness (QED) is 0.321. The molecule has 2 N–H and O–H groups in total. The van der Waals surface area contributed by atoms with Gasteiger partial charge in [0.15, 0.2) is 0 Å². The number of carbonyl (C=O) groups excluding carboxylic acids is 2. The van der Waals surface area contributed by atoms with Crippen molar-refractivity contribution in [3.05, 3.63) is 94.5 Å². The van der Waals surface area contributed by atoms with Gasteiger partial charge >= 0.3 is 0 Å². The molecule has 3 aromatic rings. The number of carbonyl (C=O) groups is 2. The van der Waals surface area contributed by atoms with Gasteiger partial charge in [-0.3, -0.25) is 9.59 Å². The Bertz CT molecular complexity index is 1340. The number of benzene rings is 3. The molecule has 5 rings (SSSR count). The van der Waals surface area contributed by atoms with Crippen LogP contribution in [0.3, 0.4) is 0 Å². The first-order valence-corrected chi connectivity index (χ1v) is 14.9. The summed E-state index contributed by atoms with van der Waals surface area (Å²) in [6, 6.07) is 23.6. The number of hydrogen-bond donors (Lipinski definition) is 2. The van der Waals surface area contributed by atoms with E-state index in [9.17, 15) is 9.59 Å². The van der Waals surface area contributed by atoms with E-state index in [-0.39, 0.29) is 17.2 Å². The lowest BCUT2D eigenvalue weighted by Gasteiger charge is -2.41. The van der Waals surface area contributed by atoms with Crippen LogP contribution in [0.15, 0.2) is 72.8 Å². The predicted octanol–water partition coefficient (Wildman–Crippen LogP) is 8.22. The molecule has 0 radical (unpaired) electrons. The van der Waals surface area contributed by atoms with Gasteiger partial charge in [0.1, 0.15) is 0 Å². The predicted molar refractivity (Wildman–Crippen MR) is 164 cm³/mol. The maximum Gasteiger partial charge on any atom is 0.255 e. The fourth-order valence-electron chi connectivity index (χ4n) is 6.08. The molecule has 0 aromatic heterocycles. The number of likely N-dealkylation sites (tertiary alicyclic amines) is 1. The van der Waals surface area contributed by atoms with Crippen molar-refractivity contribution < 1.29 is 9.59 Å². The molecule has 5 nitrogen and oxygen atoms in total. The van der Waals surface area contributed by atoms with Crippen LogP contribution in [0, 0.1) is 5.92 Å². The zero-order valence-electron chi connectivity index (χ0n) is 23.8. The second kappa shape index (κ2) is 12.1. The summed E-state index contributed by atoms with van der Waals surface area (Å²) >= 11 is 6.46. The number of anilines is 2. The Balaban J connectivity index is 1.45. The molecule has 0 unspecified atom stereocenters. The van der Waals surface area contributed by atoms with Gasteiger partial charge in [-0.15, -0.1) is 0 Å². The Morgan fingerprint density at radius 1 is 0.850 bits per heavy atom. The van der Waals surface area contributed by atoms with Gasteiger partial charge < -0.3 is 15.5 Å². The molecule has 2 amide bonds. The molecule has 6 heteroatoms. The zero-order chi connectivity index (χ0) is 28.3. The maximum atomic E-state index is 13.9. The molecule has 2 atom stereocenters. The van der Waals surface area contributed by atoms with Crippen molar-refractivity contribution in [1.29, 1.82) is 0 Å². The van der Waals surface area contributed by atoms with Crippen LogP contribution in [-0.2, 0) is 10.2 Å². The number of hydrogen-bond acceptors (Lipinski definition) is 3. The lowest BCUT2D eigenvalue weighted by Crippen LogP contribution is -2.46. The van der Waals surface area contributed by atoms with Crippen molar-refractivity contribution in [2.45, 2.75) is 76.8 Å². The highest BCUT2D eigenvalue weighted by Gasteiger charge is 2.40. The first-order valence-electron chi connectivity index (χ1n) is 14.5. The smallest absolute Gasteiger partial charge is 0.255 e. The average Bonchev–Trinajstić information content (AvgIpc) is 3.46. The van der Waals surface area contributed by atoms with Crippen LogP contribution in [-0.4, -0.2) is 29.3 Å². The van der Waals surface area contributed by atoms with Crippen LogP contribution in [0.2, 0.25) is 5.02 Å². The van der Waals surface area contributed by atoms with Crippen LogP contribution in [0.25, 0.3) is 0 Å². The largest absolute Gasteiger partial charge is 0.382 e. The number of piperidine rings is 1. The molecule has 1 saturated carbocycles. The normalized spacial score (nSPS) is 19.9. The Hall–Kier alpha value is -3.31. The minimum atomic E-state index is -0.399. The van der Waals surface area contributed by atoms with Gasteiger partial charge in [0.05, 0.1) is 22.5 Å². The Morgan fingerprint density at radius 2 is 1.57 bits per heavy atom. The summed E-state index contributed by atoms with van der Waals surface area (Å²) < 4.78 is 0. The summed E-state index contributed by atoms with van der Waals surface area (Å²) in [4.78, 5) is 29.6. The molecule has 3 aromatic carbocycles. The van der Waals surface area contributed by atoms with E-state index in [1.54, 1.807) is 12.1 Å². The lowest BCUT2D eigenvalue weighted by atomic mass is 9.83. The van der Waals surface area contributed by atoms with Crippen molar-refractivity contribution in [3.63, 3.8) is 0 Å². The van der Waals surface area contributed by atoms with Gasteiger partial charge in [-0.05, 0) is 78.6 Å². The zero-order valence-corrected chi connectivity index (χ0v) is 24.5. The van der Waals surface area contributed by atoms with E-state index >= 15 is 0 Å². The molecule has 2 fully saturated rings. The van der Waals surface area contributed by atoms with Gasteiger partial charge in [0, 0.05) is 24.0 Å². The SMILES string of the molecule is CC(C)(C)c1cccc(NC(=O)[C@H]2CCCN(C(=O)c3ccccc3Cl)[C@H]2c2ccc(NC3CCCC3)cc2)c1. The Labute approximate surface area is 243 Å². The van der Waals surface area contributed by atoms with E-state index in [0.29, 0.717) is 29.6 Å². The summed E-state index contributed by atoms with van der Waals surface area (Å²) in [7, 11) is 0. The topological polar surface area (TPSA) is 61.4 Å². The molecular formula is C34H40ClN3O2. The lowest BCUT2D eigenvalue weighted by molar-refractivity contribution is -0.123. The van der Waals surface area contributed by atoms with Gasteiger partial charge in [-0.25, -0.2) is 0 Å². The van der Waals surface area contributed by atoms with Crippen LogP contribution >= 0.6 is 11.6 Å². The van der Waals surface area contributed by atoms with Crippen molar-refractivity contribution in [3.8, 4) is 0 Å². The summed E-state index contributed by atoms with van der Waals surface area (Å²) in [6.07, 6.45) is 6.38. The first-order chi connectivity index (χ1) is 19.2. The van der Waals surface area contributed by atoms with Crippen LogP contribution in [0.1, 0.15) is 86.8 Å². The minimum absolute atomic E-state index is 0.0272. The van der Waals surface area contributed by atoms with Gasteiger partial charge in [-0.1, -0.05) is 81.6 Å². The first kappa shape index (κ1) is 28.2. The number of nitrogens with zero attached hydrogens (tertiary/aromatic N) is 1. The highest BCUT2D eigenvalue weighted by molar-refractivity contribution is 6.33. The van der Waals surface area contributed by atoms with Crippen molar-refractivity contribution in [2.24, 2.45) is 5.92 Å². The van der Waals surface area contributed by atoms with Gasteiger partial charge in [0.2, 0.25) is 5.91 Å². The summed E-state index contributed by atoms with van der Waals surface area (Å²) in [6.45, 7) is 7.05. The monoisotopic (exact) mass is 557 g/mol. The second-order valence-corrected chi connectivity index (χ2v) is 12.6. The molecule has 210 valence electrons. The van der Waals surface area contributed by atoms with E-state index in [2.05, 4.69) is 61.7 Å². The van der Waals surface area contributed by atoms with Crippen LogP contribution in [0.4, 0.5) is 11.4 Å². The highest BCUT2D eigenvalue weighted by atomic mass is 35.5. The summed E-state index contributed by atoms with van der Waals surface area (Å²) in [5.41, 5.74) is 4.41. The Kier molecular flexibility index (Phi) is 8.51. The molecule has 1 aliphatic heterocycles. The number of halogens is 1. The van der Waals surface area contributed by atoms with E-state index in [1.165, 1.54) is 25.7 Å². The van der Waals surface area contributed by atoms with Crippen LogP contribution in [0.5, 0.6) is 0 Å². The molecule has 0 bridgehead atoms. The number of amides is 2. The fraction of sp³-hybridized carbons (Fsp3) is 0.412. The molecule has 1 aliphatic carbocycles. The van der Waals surface area contributed by atoms with E-state index in [4.69, 9.17) is 11.6 Å². The van der Waals surface area contributed by atoms with Crippen LogP contribution < -0.4 is 10.6 Å². The third-order valence-electron chi connectivity index (χ3n) is 8.31. The fourth-order valence-corrected chi connectivity index (χ4v) is 6.30. The standard InChI is InChI=1S/C34H40ClN3O2/c1-34(2,3)24-10-8-13-27(22-24)37-32(39)29-15-9-21-38(33(40)28-14-6-7-16-30(28)35)31(29)23-17-19-26(20-18-23)36-25-11-4-5-12-25/h6-8,10,13-14,16-20,22,25,29,31,36H,4-5,9,11-12,15,21H2,1-3H3,(H,37,39)/t29-,31-/m0/s1. The van der Waals surface area contributed by atoms with Gasteiger partial charge in [-0.2, -0.15) is 0 Å². The third kappa shape index (κ3) is 6.36. The van der Waals surface area contributed by atoms with E-state index in [0.717, 1.165) is 28.9 Å². The van der Waals surface area contributed by atoms with E-state index < -0.39 is 12.0 Å². The Morgan fingerprint density at radius 3 is 2.27 bits per heavy atom. The second-order valence-electron chi connectivity index (χ2n) is 12.2. The molecular weight excluding hydrogens is 518 g/mol. The number of nitrogens with one attached hydrogen (secondary N) is 2. The van der Waals surface area contributed by atoms with E-state index in [1.807, 2.05) is 35.2 Å². The maximum absolute atomic E-state index is 13.9. The van der Waals surface area contributed by atoms with Crippen molar-refractivity contribution in [2.75, 3.05) is 17.2 Å². The molecule has 2 aliphatic rings. The average molecular weight is 558 g/mol. The highest BCUT2D eigenvalue weighted by Crippen LogP contribution is 2.39. The summed E-state index contributed by atoms with van der Waals surface area (Å²) in [5.74, 6) is -0.607. The molecule has 1 saturated heterocycles. The molecule has 1 heterocycles.